The van der Waals surface area contributed by atoms with Crippen LogP contribution in [0.1, 0.15) is 42.3 Å². The number of pyridine rings is 1. The molecule has 16 heteroatoms. The number of carboxylic acids is 2. The molecule has 0 atom stereocenters. The molecule has 2 N–H and O–H groups in total. The number of hydrogen-bond acceptors (Lipinski definition) is 7. The molecule has 5 heterocycles. The summed E-state index contributed by atoms with van der Waals surface area (Å²) >= 11 is 1.85. The van der Waals surface area contributed by atoms with Crippen molar-refractivity contribution in [2.45, 2.75) is 50.5 Å². The third-order valence-corrected chi connectivity index (χ3v) is 7.06. The van der Waals surface area contributed by atoms with Crippen LogP contribution in [0.5, 0.6) is 0 Å². The Hall–Kier alpha value is -3.40. The lowest BCUT2D eigenvalue weighted by molar-refractivity contribution is -0.193. The number of likely N-dealkylation sites (tertiary alicyclic amines) is 1. The van der Waals surface area contributed by atoms with Gasteiger partial charge < -0.3 is 15.1 Å². The SMILES string of the molecule is O=C(O)C(F)(F)F.O=C(O)C(F)(F)F.c1csc(CN2CCC(c3nc4ccc(N5CCCC5)cn4n3)CC2)c1. The molecule has 3 aromatic heterocycles. The second-order valence-corrected chi connectivity index (χ2v) is 10.1. The van der Waals surface area contributed by atoms with Crippen LogP contribution in [0.15, 0.2) is 35.8 Å². The highest BCUT2D eigenvalue weighted by Crippen LogP contribution is 2.28. The molecule has 9 nitrogen and oxygen atoms in total. The lowest BCUT2D eigenvalue weighted by atomic mass is 9.96. The van der Waals surface area contributed by atoms with E-state index in [0.29, 0.717) is 5.92 Å². The van der Waals surface area contributed by atoms with Gasteiger partial charge in [-0.05, 0) is 62.4 Å². The minimum atomic E-state index is -5.08. The molecule has 0 spiro atoms. The second-order valence-electron chi connectivity index (χ2n) is 9.09. The molecule has 3 aromatic rings. The van der Waals surface area contributed by atoms with Crippen LogP contribution < -0.4 is 4.90 Å². The first kappa shape index (κ1) is 31.1. The van der Waals surface area contributed by atoms with Gasteiger partial charge in [-0.15, -0.1) is 11.3 Å². The fourth-order valence-corrected chi connectivity index (χ4v) is 4.94. The van der Waals surface area contributed by atoms with E-state index in [1.54, 1.807) is 0 Å². The first-order chi connectivity index (χ1) is 18.7. The number of piperidine rings is 1. The Morgan fingerprint density at radius 2 is 1.50 bits per heavy atom. The van der Waals surface area contributed by atoms with Gasteiger partial charge in [-0.3, -0.25) is 4.90 Å². The Balaban J connectivity index is 0.000000263. The summed E-state index contributed by atoms with van der Waals surface area (Å²) < 4.78 is 65.5. The number of hydrogen-bond donors (Lipinski definition) is 2. The van der Waals surface area contributed by atoms with Gasteiger partial charge in [0.15, 0.2) is 11.5 Å². The van der Waals surface area contributed by atoms with E-state index in [1.165, 1.54) is 23.4 Å². The number of alkyl halides is 6. The van der Waals surface area contributed by atoms with Crippen molar-refractivity contribution >= 4 is 34.6 Å². The van der Waals surface area contributed by atoms with E-state index in [4.69, 9.17) is 29.9 Å². The van der Waals surface area contributed by atoms with E-state index >= 15 is 0 Å². The molecule has 2 aliphatic rings. The van der Waals surface area contributed by atoms with Crippen molar-refractivity contribution < 1.29 is 46.1 Å². The summed E-state index contributed by atoms with van der Waals surface area (Å²) in [6, 6.07) is 8.70. The van der Waals surface area contributed by atoms with Crippen LogP contribution in [0.3, 0.4) is 0 Å². The van der Waals surface area contributed by atoms with Crippen molar-refractivity contribution in [3.05, 3.63) is 46.5 Å². The highest BCUT2D eigenvalue weighted by atomic mass is 32.1. The molecule has 220 valence electrons. The normalized spacial score (nSPS) is 16.7. The number of nitrogens with zero attached hydrogens (tertiary/aromatic N) is 5. The number of anilines is 1. The van der Waals surface area contributed by atoms with Gasteiger partial charge in [-0.25, -0.2) is 19.1 Å². The topological polar surface area (TPSA) is 111 Å². The van der Waals surface area contributed by atoms with Gasteiger partial charge in [0.05, 0.1) is 11.9 Å². The van der Waals surface area contributed by atoms with Crippen LogP contribution in [-0.4, -0.2) is 80.2 Å². The van der Waals surface area contributed by atoms with Gasteiger partial charge in [0.25, 0.3) is 0 Å². The minimum absolute atomic E-state index is 0.490. The molecule has 40 heavy (non-hydrogen) atoms. The number of rotatable bonds is 4. The third-order valence-electron chi connectivity index (χ3n) is 6.20. The highest BCUT2D eigenvalue weighted by Gasteiger charge is 2.38. The Kier molecular flexibility index (Phi) is 10.4. The molecule has 2 saturated heterocycles. The van der Waals surface area contributed by atoms with Crippen molar-refractivity contribution in [2.24, 2.45) is 0 Å². The number of carbonyl (C=O) groups is 2. The molecule has 0 bridgehead atoms. The van der Waals surface area contributed by atoms with Crippen molar-refractivity contribution in [3.63, 3.8) is 0 Å². The maximum absolute atomic E-state index is 10.6. The van der Waals surface area contributed by atoms with Crippen molar-refractivity contribution in [1.82, 2.24) is 19.5 Å². The molecular weight excluding hydrogens is 568 g/mol. The van der Waals surface area contributed by atoms with Crippen LogP contribution in [0.2, 0.25) is 0 Å². The largest absolute Gasteiger partial charge is 0.490 e. The minimum Gasteiger partial charge on any atom is -0.475 e. The number of fused-ring (bicyclic) bond motifs is 1. The van der Waals surface area contributed by atoms with Gasteiger partial charge in [-0.1, -0.05) is 6.07 Å². The van der Waals surface area contributed by atoms with E-state index in [1.807, 2.05) is 15.9 Å². The third kappa shape index (κ3) is 9.08. The summed E-state index contributed by atoms with van der Waals surface area (Å²) in [7, 11) is 0. The van der Waals surface area contributed by atoms with E-state index in [9.17, 15) is 26.3 Å². The molecule has 5 rings (SSSR count). The molecule has 2 fully saturated rings. The molecule has 0 aromatic carbocycles. The van der Waals surface area contributed by atoms with E-state index in [0.717, 1.165) is 57.0 Å². The Morgan fingerprint density at radius 1 is 0.925 bits per heavy atom. The van der Waals surface area contributed by atoms with Crippen molar-refractivity contribution in [2.75, 3.05) is 31.1 Å². The van der Waals surface area contributed by atoms with Crippen LogP contribution >= 0.6 is 11.3 Å². The van der Waals surface area contributed by atoms with Crippen LogP contribution in [0, 0.1) is 0 Å². The number of aliphatic carboxylic acids is 2. The summed E-state index contributed by atoms with van der Waals surface area (Å²) in [5.74, 6) is -4.00. The average molecular weight is 596 g/mol. The fourth-order valence-electron chi connectivity index (χ4n) is 4.20. The van der Waals surface area contributed by atoms with Gasteiger partial charge in [-0.2, -0.15) is 31.4 Å². The summed E-state index contributed by atoms with van der Waals surface area (Å²) in [6.07, 6.45) is -3.11. The maximum atomic E-state index is 10.6. The molecule has 0 saturated carbocycles. The standard InChI is InChI=1S/C20H25N5S.2C2HF3O2/c1-2-10-24(9-1)17-5-6-19-21-20(22-25(19)14-17)16-7-11-23(12-8-16)15-18-4-3-13-26-18;2*3-2(4,5)1(6)7/h3-6,13-14,16H,1-2,7-12,15H2;2*(H,6,7). The summed E-state index contributed by atoms with van der Waals surface area (Å²) in [4.78, 5) is 29.1. The first-order valence-corrected chi connectivity index (χ1v) is 13.1. The van der Waals surface area contributed by atoms with Crippen LogP contribution in [0.25, 0.3) is 5.65 Å². The fraction of sp³-hybridized carbons (Fsp3) is 0.500. The van der Waals surface area contributed by atoms with E-state index < -0.39 is 24.3 Å². The Morgan fingerprint density at radius 3 is 2.00 bits per heavy atom. The number of thiophene rings is 1. The molecule has 0 unspecified atom stereocenters. The Labute approximate surface area is 228 Å². The summed E-state index contributed by atoms with van der Waals surface area (Å²) in [5.41, 5.74) is 2.25. The average Bonchev–Trinajstić information content (AvgIpc) is 3.65. The highest BCUT2D eigenvalue weighted by molar-refractivity contribution is 7.09. The zero-order chi connectivity index (χ0) is 29.5. The van der Waals surface area contributed by atoms with Gasteiger partial charge in [0.2, 0.25) is 0 Å². The van der Waals surface area contributed by atoms with Crippen molar-refractivity contribution in [1.29, 1.82) is 0 Å². The summed E-state index contributed by atoms with van der Waals surface area (Å²) in [6.45, 7) is 5.68. The zero-order valence-electron chi connectivity index (χ0n) is 21.0. The van der Waals surface area contributed by atoms with Crippen molar-refractivity contribution in [3.8, 4) is 0 Å². The monoisotopic (exact) mass is 595 g/mol. The molecule has 0 radical (unpaired) electrons. The summed E-state index contributed by atoms with van der Waals surface area (Å²) in [5, 5.41) is 21.2. The molecule has 0 amide bonds. The quantitative estimate of drug-likeness (QED) is 0.404. The lowest BCUT2D eigenvalue weighted by Crippen LogP contribution is -2.32. The number of halogens is 6. The predicted molar refractivity (Wildman–Crippen MR) is 133 cm³/mol. The lowest BCUT2D eigenvalue weighted by Gasteiger charge is -2.30. The smallest absolute Gasteiger partial charge is 0.475 e. The van der Waals surface area contributed by atoms with E-state index in [-0.39, 0.29) is 0 Å². The van der Waals surface area contributed by atoms with Crippen LogP contribution in [0.4, 0.5) is 32.0 Å². The second kappa shape index (κ2) is 13.3. The molecule has 0 aliphatic carbocycles. The Bertz CT molecular complexity index is 1230. The van der Waals surface area contributed by atoms with Gasteiger partial charge in [0, 0.05) is 30.4 Å². The number of aromatic nitrogens is 3. The van der Waals surface area contributed by atoms with Crippen LogP contribution in [-0.2, 0) is 16.1 Å². The molecular formula is C24H27F6N5O4S. The van der Waals surface area contributed by atoms with Gasteiger partial charge in [0.1, 0.15) is 0 Å². The van der Waals surface area contributed by atoms with Gasteiger partial charge >= 0.3 is 24.3 Å². The first-order valence-electron chi connectivity index (χ1n) is 12.2. The molecule has 2 aliphatic heterocycles. The zero-order valence-corrected chi connectivity index (χ0v) is 21.8. The number of carboxylic acid groups (broad SMARTS) is 2. The maximum Gasteiger partial charge on any atom is 0.490 e. The van der Waals surface area contributed by atoms with E-state index in [2.05, 4.69) is 45.6 Å². The predicted octanol–water partition coefficient (Wildman–Crippen LogP) is 5.04.